The number of fused-ring (bicyclic) bond motifs is 3. The number of hydrogen-bond donors (Lipinski definition) is 2. The zero-order chi connectivity index (χ0) is 43.7. The van der Waals surface area contributed by atoms with E-state index in [1.54, 1.807) is 58.5 Å². The molecule has 3 aromatic carbocycles. The van der Waals surface area contributed by atoms with Crippen molar-refractivity contribution >= 4 is 27.8 Å². The Kier molecular flexibility index (Phi) is 8.59. The van der Waals surface area contributed by atoms with E-state index in [2.05, 4.69) is 63.6 Å². The summed E-state index contributed by atoms with van der Waals surface area (Å²) >= 11 is 0. The van der Waals surface area contributed by atoms with E-state index in [9.17, 15) is 9.59 Å². The zero-order valence-corrected chi connectivity index (χ0v) is 35.9. The lowest BCUT2D eigenvalue weighted by atomic mass is 9.83. The van der Waals surface area contributed by atoms with Crippen molar-refractivity contribution in [1.29, 1.82) is 0 Å². The van der Waals surface area contributed by atoms with E-state index in [-0.39, 0.29) is 34.9 Å². The number of aromatic amines is 2. The first kappa shape index (κ1) is 39.1. The standard InChI is InChI=1S/C47H47FN10O5/c1-25-17-33(18-26(2)40(25)48)58-41(56-15-14-55(45(56)61)32-8-9-34-36(21-32)50-24-49-34)39-28(4)54(13-11-35(39)52-58)42(59)38-20-31-19-29(30-12-16-62-46(5,6)23-30)7-10-37(31)57(38)47(22-27(47)3)43-51-44(60)63-53-43/h7-10,14-15,17-21,24,27-28,30H,11-13,16,22-23H2,1-6H3,(H,49,50)(H,51,53,60)/t27-,28-,30-,47-/m0/s1. The monoisotopic (exact) mass is 850 g/mol. The molecule has 2 fully saturated rings. The molecule has 322 valence electrons. The van der Waals surface area contributed by atoms with E-state index in [0.29, 0.717) is 71.4 Å². The van der Waals surface area contributed by atoms with Gasteiger partial charge in [-0.1, -0.05) is 18.1 Å². The quantitative estimate of drug-likeness (QED) is 0.169. The third-order valence-corrected chi connectivity index (χ3v) is 13.8. The van der Waals surface area contributed by atoms with Gasteiger partial charge in [-0.15, -0.1) is 0 Å². The van der Waals surface area contributed by atoms with Crippen molar-refractivity contribution in [2.75, 3.05) is 13.2 Å². The van der Waals surface area contributed by atoms with Gasteiger partial charge < -0.3 is 19.2 Å². The van der Waals surface area contributed by atoms with Gasteiger partial charge in [0.05, 0.1) is 46.1 Å². The fourth-order valence-electron chi connectivity index (χ4n) is 10.5. The van der Waals surface area contributed by atoms with Crippen molar-refractivity contribution in [2.24, 2.45) is 5.92 Å². The minimum Gasteiger partial charge on any atom is -0.376 e. The number of amides is 1. The Morgan fingerprint density at radius 2 is 1.73 bits per heavy atom. The van der Waals surface area contributed by atoms with Crippen molar-refractivity contribution in [1.82, 2.24) is 48.5 Å². The number of ether oxygens (including phenoxy) is 1. The van der Waals surface area contributed by atoms with Crippen LogP contribution in [0.1, 0.15) is 103 Å². The van der Waals surface area contributed by atoms with Gasteiger partial charge in [0.25, 0.3) is 5.91 Å². The van der Waals surface area contributed by atoms with E-state index in [0.717, 1.165) is 40.5 Å². The van der Waals surface area contributed by atoms with Crippen molar-refractivity contribution < 1.29 is 18.4 Å². The van der Waals surface area contributed by atoms with Gasteiger partial charge in [0.15, 0.2) is 5.82 Å². The number of imidazole rings is 2. The van der Waals surface area contributed by atoms with E-state index in [1.807, 2.05) is 36.1 Å². The maximum atomic E-state index is 15.5. The van der Waals surface area contributed by atoms with Crippen LogP contribution in [0.5, 0.6) is 0 Å². The van der Waals surface area contributed by atoms with Gasteiger partial charge in [0, 0.05) is 48.4 Å². The Balaban J connectivity index is 1.06. The molecule has 11 rings (SSSR count). The highest BCUT2D eigenvalue weighted by atomic mass is 19.1. The molecular weight excluding hydrogens is 804 g/mol. The second kappa shape index (κ2) is 13.8. The molecule has 15 nitrogen and oxygen atoms in total. The fourth-order valence-corrected chi connectivity index (χ4v) is 10.5. The van der Waals surface area contributed by atoms with E-state index in [4.69, 9.17) is 14.4 Å². The molecule has 0 bridgehead atoms. The van der Waals surface area contributed by atoms with E-state index in [1.165, 1.54) is 5.56 Å². The molecule has 16 heteroatoms. The van der Waals surface area contributed by atoms with Crippen LogP contribution >= 0.6 is 0 Å². The van der Waals surface area contributed by atoms with Crippen molar-refractivity contribution in [3.8, 4) is 17.2 Å². The lowest BCUT2D eigenvalue weighted by molar-refractivity contribution is -0.0592. The second-order valence-electron chi connectivity index (χ2n) is 18.3. The van der Waals surface area contributed by atoms with Crippen LogP contribution in [0.2, 0.25) is 0 Å². The van der Waals surface area contributed by atoms with Crippen molar-refractivity contribution in [3.63, 3.8) is 0 Å². The van der Waals surface area contributed by atoms with Crippen LogP contribution in [0.15, 0.2) is 87.4 Å². The zero-order valence-electron chi connectivity index (χ0n) is 35.9. The Hall–Kier alpha value is -6.81. The summed E-state index contributed by atoms with van der Waals surface area (Å²) in [7, 11) is 0. The van der Waals surface area contributed by atoms with Gasteiger partial charge >= 0.3 is 11.4 Å². The Morgan fingerprint density at radius 1 is 0.952 bits per heavy atom. The first-order chi connectivity index (χ1) is 30.2. The maximum Gasteiger partial charge on any atom is 0.438 e. The summed E-state index contributed by atoms with van der Waals surface area (Å²) in [6.07, 6.45) is 7.83. The topological polar surface area (TPSA) is 167 Å². The smallest absolute Gasteiger partial charge is 0.376 e. The number of carbonyl (C=O) groups is 1. The predicted octanol–water partition coefficient (Wildman–Crippen LogP) is 7.29. The van der Waals surface area contributed by atoms with E-state index < -0.39 is 17.3 Å². The molecule has 1 saturated carbocycles. The summed E-state index contributed by atoms with van der Waals surface area (Å²) in [6, 6.07) is 16.8. The van der Waals surface area contributed by atoms with Crippen LogP contribution < -0.4 is 11.4 Å². The van der Waals surface area contributed by atoms with Crippen LogP contribution in [-0.2, 0) is 16.7 Å². The molecule has 2 aliphatic heterocycles. The minimum atomic E-state index is -0.824. The van der Waals surface area contributed by atoms with Crippen LogP contribution in [0.3, 0.4) is 0 Å². The number of aromatic nitrogens is 9. The summed E-state index contributed by atoms with van der Waals surface area (Å²) < 4.78 is 33.1. The Bertz CT molecular complexity index is 3260. The van der Waals surface area contributed by atoms with Gasteiger partial charge in [-0.25, -0.2) is 23.6 Å². The third kappa shape index (κ3) is 6.01. The Morgan fingerprint density at radius 3 is 2.46 bits per heavy atom. The Labute approximate surface area is 360 Å². The van der Waals surface area contributed by atoms with Gasteiger partial charge in [0.2, 0.25) is 0 Å². The van der Waals surface area contributed by atoms with Gasteiger partial charge in [-0.05, 0) is 131 Å². The van der Waals surface area contributed by atoms with Gasteiger partial charge in [0.1, 0.15) is 22.9 Å². The molecule has 7 heterocycles. The highest BCUT2D eigenvalue weighted by Gasteiger charge is 2.59. The summed E-state index contributed by atoms with van der Waals surface area (Å²) in [5.41, 5.74) is 6.19. The molecule has 1 saturated heterocycles. The molecule has 5 aromatic heterocycles. The first-order valence-electron chi connectivity index (χ1n) is 21.5. The first-order valence-corrected chi connectivity index (χ1v) is 21.5. The normalized spacial score (nSPS) is 22.0. The van der Waals surface area contributed by atoms with Crippen LogP contribution in [0.4, 0.5) is 4.39 Å². The molecule has 0 spiro atoms. The minimum absolute atomic E-state index is 0.0269. The number of benzene rings is 3. The van der Waals surface area contributed by atoms with Crippen molar-refractivity contribution in [2.45, 2.75) is 90.3 Å². The third-order valence-electron chi connectivity index (χ3n) is 13.8. The molecule has 2 N–H and O–H groups in total. The van der Waals surface area contributed by atoms with Gasteiger partial charge in [-0.2, -0.15) is 5.10 Å². The number of rotatable bonds is 7. The highest BCUT2D eigenvalue weighted by molar-refractivity contribution is 6.00. The number of nitrogens with zero attached hydrogens (tertiary/aromatic N) is 8. The molecule has 4 atom stereocenters. The molecule has 0 unspecified atom stereocenters. The molecule has 63 heavy (non-hydrogen) atoms. The molecule has 8 aromatic rings. The van der Waals surface area contributed by atoms with Gasteiger partial charge in [-0.3, -0.25) is 23.4 Å². The fraction of sp³-hybridized carbons (Fsp3) is 0.362. The lowest BCUT2D eigenvalue weighted by Crippen LogP contribution is -2.41. The van der Waals surface area contributed by atoms with Crippen molar-refractivity contribution in [3.05, 3.63) is 140 Å². The summed E-state index contributed by atoms with van der Waals surface area (Å²) in [4.78, 5) is 54.7. The number of nitrogens with one attached hydrogen (secondary N) is 2. The largest absolute Gasteiger partial charge is 0.438 e. The number of aryl methyl sites for hydroxylation is 2. The van der Waals surface area contributed by atoms with Crippen LogP contribution in [-0.4, -0.2) is 73.2 Å². The maximum absolute atomic E-state index is 15.5. The average molecular weight is 851 g/mol. The molecular formula is C47H47FN10O5. The highest BCUT2D eigenvalue weighted by Crippen LogP contribution is 2.56. The number of carbonyl (C=O) groups excluding carboxylic acids is 1. The molecule has 1 amide bonds. The van der Waals surface area contributed by atoms with E-state index >= 15 is 9.18 Å². The predicted molar refractivity (Wildman–Crippen MR) is 233 cm³/mol. The summed E-state index contributed by atoms with van der Waals surface area (Å²) in [6.45, 7) is 12.7. The molecule has 3 aliphatic rings. The average Bonchev–Trinajstić information content (AvgIpc) is 3.92. The summed E-state index contributed by atoms with van der Waals surface area (Å²) in [5, 5.41) is 10.2. The molecule has 1 aliphatic carbocycles. The number of halogens is 1. The lowest BCUT2D eigenvalue weighted by Gasteiger charge is -2.35. The number of hydrogen-bond acceptors (Lipinski definition) is 8. The number of H-pyrrole nitrogens is 2. The molecule has 0 radical (unpaired) electrons. The van der Waals surface area contributed by atoms with Crippen LogP contribution in [0, 0.1) is 25.6 Å². The van der Waals surface area contributed by atoms with Crippen LogP contribution in [0.25, 0.3) is 39.1 Å². The second-order valence-corrected chi connectivity index (χ2v) is 18.3. The SMILES string of the molecule is Cc1cc(-n2nc3c(c2-n2ccn(-c4ccc5nc[nH]c5c4)c2=O)[C@H](C)N(C(=O)c2cc4cc([C@H]5CCOC(C)(C)C5)ccc4n2[C@@]2(c4noc(=O)[nH]4)C[C@@H]2C)CC3)cc(C)c1F. The summed E-state index contributed by atoms with van der Waals surface area (Å²) in [5.74, 6) is -0.0277.